The smallest absolute Gasteiger partial charge is 0.319 e. The standard InChI is InChI=1S/C19H31F3N4O/c1-2-18(27)23-10-14-4-3-13(12-5-7-15(20)8-6-12)9-16(14)17-11-24-26(25-17)19(21)22/h2,12-17,19,24-25H,1,3-11H2,(H,23,27). The van der Waals surface area contributed by atoms with E-state index >= 15 is 0 Å². The molecule has 3 aliphatic rings. The van der Waals surface area contributed by atoms with Crippen molar-refractivity contribution in [1.29, 1.82) is 0 Å². The zero-order valence-electron chi connectivity index (χ0n) is 15.7. The van der Waals surface area contributed by atoms with E-state index in [9.17, 15) is 18.0 Å². The van der Waals surface area contributed by atoms with Crippen LogP contribution in [0.1, 0.15) is 44.9 Å². The van der Waals surface area contributed by atoms with E-state index in [-0.39, 0.29) is 23.8 Å². The third kappa shape index (κ3) is 5.23. The molecule has 0 spiro atoms. The minimum Gasteiger partial charge on any atom is -0.352 e. The highest BCUT2D eigenvalue weighted by Crippen LogP contribution is 2.44. The molecule has 0 aromatic rings. The lowest BCUT2D eigenvalue weighted by atomic mass is 9.65. The van der Waals surface area contributed by atoms with Gasteiger partial charge in [-0.2, -0.15) is 8.78 Å². The van der Waals surface area contributed by atoms with Crippen molar-refractivity contribution in [3.8, 4) is 0 Å². The SMILES string of the molecule is C=CC(=O)NCC1CCC(C2CCC(F)CC2)CC1C1CNN(C(F)F)N1. The van der Waals surface area contributed by atoms with Crippen LogP contribution in [0.2, 0.25) is 0 Å². The van der Waals surface area contributed by atoms with Gasteiger partial charge in [-0.05, 0) is 74.7 Å². The number of nitrogens with one attached hydrogen (secondary N) is 3. The first-order chi connectivity index (χ1) is 13.0. The van der Waals surface area contributed by atoms with Crippen LogP contribution in [0.25, 0.3) is 0 Å². The lowest BCUT2D eigenvalue weighted by Crippen LogP contribution is -2.49. The highest BCUT2D eigenvalue weighted by Gasteiger charge is 2.42. The second-order valence-corrected chi connectivity index (χ2v) is 8.20. The Labute approximate surface area is 159 Å². The maximum Gasteiger partial charge on any atom is 0.319 e. The van der Waals surface area contributed by atoms with Gasteiger partial charge in [-0.1, -0.05) is 6.58 Å². The van der Waals surface area contributed by atoms with Crippen molar-refractivity contribution in [3.05, 3.63) is 12.7 Å². The fourth-order valence-electron chi connectivity index (χ4n) is 5.17. The minimum absolute atomic E-state index is 0.0926. The normalized spacial score (nSPS) is 38.1. The van der Waals surface area contributed by atoms with E-state index in [4.69, 9.17) is 0 Å². The van der Waals surface area contributed by atoms with Gasteiger partial charge in [-0.25, -0.2) is 15.2 Å². The zero-order chi connectivity index (χ0) is 19.4. The maximum absolute atomic E-state index is 13.5. The van der Waals surface area contributed by atoms with Crippen molar-refractivity contribution in [3.63, 3.8) is 0 Å². The molecule has 2 aliphatic carbocycles. The highest BCUT2D eigenvalue weighted by atomic mass is 19.3. The molecule has 1 heterocycles. The molecule has 8 heteroatoms. The van der Waals surface area contributed by atoms with E-state index in [1.165, 1.54) is 6.08 Å². The van der Waals surface area contributed by atoms with Gasteiger partial charge in [0.15, 0.2) is 0 Å². The first kappa shape index (κ1) is 20.6. The molecular formula is C19H31F3N4O. The van der Waals surface area contributed by atoms with E-state index in [1.807, 2.05) is 0 Å². The van der Waals surface area contributed by atoms with Crippen LogP contribution < -0.4 is 16.2 Å². The number of hydrazine groups is 2. The summed E-state index contributed by atoms with van der Waals surface area (Å²) >= 11 is 0. The average molecular weight is 388 g/mol. The van der Waals surface area contributed by atoms with Crippen molar-refractivity contribution < 1.29 is 18.0 Å². The van der Waals surface area contributed by atoms with E-state index in [1.54, 1.807) is 0 Å². The summed E-state index contributed by atoms with van der Waals surface area (Å²) in [6.07, 6.45) is 6.69. The molecule has 3 fully saturated rings. The van der Waals surface area contributed by atoms with Crippen molar-refractivity contribution in [1.82, 2.24) is 21.3 Å². The van der Waals surface area contributed by atoms with Gasteiger partial charge in [0, 0.05) is 19.1 Å². The van der Waals surface area contributed by atoms with Crippen LogP contribution in [0, 0.1) is 23.7 Å². The molecule has 154 valence electrons. The molecule has 0 aromatic heterocycles. The van der Waals surface area contributed by atoms with E-state index in [2.05, 4.69) is 22.7 Å². The van der Waals surface area contributed by atoms with Crippen LogP contribution in [-0.4, -0.2) is 42.9 Å². The Morgan fingerprint density at radius 1 is 1.19 bits per heavy atom. The number of hydrogen-bond donors (Lipinski definition) is 3. The predicted molar refractivity (Wildman–Crippen MR) is 97.2 cm³/mol. The van der Waals surface area contributed by atoms with Gasteiger partial charge >= 0.3 is 6.55 Å². The van der Waals surface area contributed by atoms with Crippen LogP contribution in [-0.2, 0) is 4.79 Å². The second-order valence-electron chi connectivity index (χ2n) is 8.20. The first-order valence-electron chi connectivity index (χ1n) is 10.1. The van der Waals surface area contributed by atoms with Gasteiger partial charge in [0.2, 0.25) is 5.91 Å². The Morgan fingerprint density at radius 2 is 1.89 bits per heavy atom. The third-order valence-electron chi connectivity index (χ3n) is 6.68. The Kier molecular flexibility index (Phi) is 7.16. The largest absolute Gasteiger partial charge is 0.352 e. The molecule has 0 bridgehead atoms. The minimum atomic E-state index is -2.60. The Bertz CT molecular complexity index is 513. The Hall–Kier alpha value is -1.12. The molecule has 3 rings (SSSR count). The van der Waals surface area contributed by atoms with Gasteiger partial charge in [0.1, 0.15) is 6.17 Å². The topological polar surface area (TPSA) is 56.4 Å². The Balaban J connectivity index is 1.64. The summed E-state index contributed by atoms with van der Waals surface area (Å²) in [5.74, 6) is 1.26. The summed E-state index contributed by atoms with van der Waals surface area (Å²) in [7, 11) is 0. The van der Waals surface area contributed by atoms with Gasteiger partial charge in [0.25, 0.3) is 0 Å². The number of carbonyl (C=O) groups excluding carboxylic acids is 1. The van der Waals surface area contributed by atoms with Gasteiger partial charge in [-0.15, -0.1) is 5.12 Å². The van der Waals surface area contributed by atoms with Gasteiger partial charge < -0.3 is 5.32 Å². The molecule has 4 atom stereocenters. The summed E-state index contributed by atoms with van der Waals surface area (Å²) in [4.78, 5) is 11.6. The van der Waals surface area contributed by atoms with Crippen LogP contribution in [0.5, 0.6) is 0 Å². The number of carbonyl (C=O) groups is 1. The van der Waals surface area contributed by atoms with E-state index < -0.39 is 12.7 Å². The quantitative estimate of drug-likeness (QED) is 0.484. The van der Waals surface area contributed by atoms with Gasteiger partial charge in [-0.3, -0.25) is 4.79 Å². The van der Waals surface area contributed by atoms with Crippen molar-refractivity contribution in [2.45, 2.75) is 63.7 Å². The summed E-state index contributed by atoms with van der Waals surface area (Å²) in [5, 5.41) is 3.65. The van der Waals surface area contributed by atoms with Gasteiger partial charge in [0.05, 0.1) is 0 Å². The monoisotopic (exact) mass is 388 g/mol. The molecule has 4 unspecified atom stereocenters. The maximum atomic E-state index is 13.5. The number of halogens is 3. The molecule has 27 heavy (non-hydrogen) atoms. The molecule has 0 radical (unpaired) electrons. The first-order valence-corrected chi connectivity index (χ1v) is 10.1. The highest BCUT2D eigenvalue weighted by molar-refractivity contribution is 5.86. The average Bonchev–Trinajstić information content (AvgIpc) is 3.17. The van der Waals surface area contributed by atoms with Crippen molar-refractivity contribution >= 4 is 5.91 Å². The summed E-state index contributed by atoms with van der Waals surface area (Å²) in [6.45, 7) is 1.85. The number of alkyl halides is 3. The Morgan fingerprint density at radius 3 is 2.52 bits per heavy atom. The van der Waals surface area contributed by atoms with Crippen molar-refractivity contribution in [2.75, 3.05) is 13.1 Å². The molecule has 1 amide bonds. The van der Waals surface area contributed by atoms with Crippen LogP contribution in [0.15, 0.2) is 12.7 Å². The molecule has 1 aliphatic heterocycles. The number of amides is 1. The molecule has 3 N–H and O–H groups in total. The number of rotatable bonds is 6. The lowest BCUT2D eigenvalue weighted by Gasteiger charge is -2.43. The summed E-state index contributed by atoms with van der Waals surface area (Å²) in [6, 6.07) is -0.0926. The zero-order valence-corrected chi connectivity index (χ0v) is 15.7. The molecule has 2 saturated carbocycles. The lowest BCUT2D eigenvalue weighted by molar-refractivity contribution is -0.116. The van der Waals surface area contributed by atoms with Crippen LogP contribution >= 0.6 is 0 Å². The summed E-state index contributed by atoms with van der Waals surface area (Å²) in [5.41, 5.74) is 5.62. The molecule has 0 aromatic carbocycles. The second kappa shape index (κ2) is 9.39. The molecule has 5 nitrogen and oxygen atoms in total. The van der Waals surface area contributed by atoms with E-state index in [0.29, 0.717) is 37.8 Å². The summed E-state index contributed by atoms with van der Waals surface area (Å²) < 4.78 is 39.5. The fraction of sp³-hybridized carbons (Fsp3) is 0.842. The van der Waals surface area contributed by atoms with Crippen LogP contribution in [0.3, 0.4) is 0 Å². The number of hydrogen-bond acceptors (Lipinski definition) is 4. The fourth-order valence-corrected chi connectivity index (χ4v) is 5.17. The van der Waals surface area contributed by atoms with E-state index in [0.717, 1.165) is 37.2 Å². The molecular weight excluding hydrogens is 357 g/mol. The third-order valence-corrected chi connectivity index (χ3v) is 6.68. The van der Waals surface area contributed by atoms with Crippen LogP contribution in [0.4, 0.5) is 13.2 Å². The van der Waals surface area contributed by atoms with Crippen molar-refractivity contribution in [2.24, 2.45) is 23.7 Å². The number of nitrogens with zero attached hydrogens (tertiary/aromatic N) is 1. The predicted octanol–water partition coefficient (Wildman–Crippen LogP) is 2.77. The molecule has 1 saturated heterocycles.